The SMILES string of the molecule is Cc1ccc2c(c1)c1ccccc1n2-c1c(-c2nc(-c3ccccc3)nc(-c3ccccc3)n2)ccc(-n2c3ccccc3c3cc(-c4cccc(-c5ccccc5)n4)ccc32)c1-c1nc(-c2ccccc2)nc(-c2ccccc2)n1. The zero-order valence-electron chi connectivity index (χ0n) is 43.9. The molecule has 0 spiro atoms. The first-order chi connectivity index (χ1) is 40.1. The maximum atomic E-state index is 5.62. The van der Waals surface area contributed by atoms with E-state index in [0.29, 0.717) is 34.9 Å². The Morgan fingerprint density at radius 1 is 0.259 bits per heavy atom. The Balaban J connectivity index is 1.11. The van der Waals surface area contributed by atoms with Gasteiger partial charge in [-0.15, -0.1) is 0 Å². The summed E-state index contributed by atoms with van der Waals surface area (Å²) >= 11 is 0. The lowest BCUT2D eigenvalue weighted by atomic mass is 10.0. The van der Waals surface area contributed by atoms with Gasteiger partial charge < -0.3 is 9.13 Å². The lowest BCUT2D eigenvalue weighted by molar-refractivity contribution is 1.04. The standard InChI is InChI=1S/C72H47N9/c1-46-38-41-63-56(44-46)53-32-18-20-37-61(53)81(63)66-55(71-76-67(48-24-9-3-10-25-48)74-68(77-71)49-26-11-4-12-27-49)40-43-64(65(66)72-78-69(50-28-13-5-14-29-50)75-70(79-72)51-30-15-6-16-31-51)80-60-36-19-17-33-54(60)57-45-52(39-42-62(57)80)59-35-21-34-58(73-59)47-22-7-2-8-23-47/h2-45H,1H3. The Kier molecular flexibility index (Phi) is 11.5. The molecule has 0 bridgehead atoms. The minimum Gasteiger partial charge on any atom is -0.308 e. The molecule has 0 N–H and O–H groups in total. The van der Waals surface area contributed by atoms with E-state index in [1.54, 1.807) is 0 Å². The molecule has 380 valence electrons. The molecule has 0 aliphatic heterocycles. The van der Waals surface area contributed by atoms with E-state index in [2.05, 4.69) is 180 Å². The van der Waals surface area contributed by atoms with E-state index in [1.165, 1.54) is 0 Å². The summed E-state index contributed by atoms with van der Waals surface area (Å²) in [5.41, 5.74) is 15.6. The van der Waals surface area contributed by atoms with Crippen molar-refractivity contribution in [2.45, 2.75) is 6.92 Å². The van der Waals surface area contributed by atoms with Gasteiger partial charge in [0.15, 0.2) is 34.9 Å². The van der Waals surface area contributed by atoms with Crippen LogP contribution < -0.4 is 0 Å². The lowest BCUT2D eigenvalue weighted by Gasteiger charge is -2.23. The van der Waals surface area contributed by atoms with Crippen molar-refractivity contribution >= 4 is 43.6 Å². The van der Waals surface area contributed by atoms with Crippen LogP contribution in [0.25, 0.3) is 146 Å². The van der Waals surface area contributed by atoms with Crippen molar-refractivity contribution in [2.24, 2.45) is 0 Å². The van der Waals surface area contributed by atoms with Gasteiger partial charge in [-0.25, -0.2) is 34.9 Å². The monoisotopic (exact) mass is 1040 g/mol. The molecule has 0 fully saturated rings. The zero-order chi connectivity index (χ0) is 53.8. The number of pyridine rings is 1. The van der Waals surface area contributed by atoms with E-state index in [-0.39, 0.29) is 0 Å². The Hall–Kier alpha value is -11.0. The average Bonchev–Trinajstić information content (AvgIpc) is 3.94. The number of rotatable bonds is 10. The topological polar surface area (TPSA) is 100 Å². The summed E-state index contributed by atoms with van der Waals surface area (Å²) in [7, 11) is 0. The number of para-hydroxylation sites is 2. The van der Waals surface area contributed by atoms with Gasteiger partial charge in [0.05, 0.1) is 50.4 Å². The maximum absolute atomic E-state index is 5.62. The van der Waals surface area contributed by atoms with Crippen LogP contribution in [-0.4, -0.2) is 44.0 Å². The van der Waals surface area contributed by atoms with Gasteiger partial charge in [-0.1, -0.05) is 212 Å². The van der Waals surface area contributed by atoms with E-state index in [4.69, 9.17) is 34.9 Å². The first-order valence-electron chi connectivity index (χ1n) is 27.1. The molecule has 15 aromatic rings. The summed E-state index contributed by atoms with van der Waals surface area (Å²) in [6.07, 6.45) is 0. The van der Waals surface area contributed by atoms with Crippen molar-refractivity contribution < 1.29 is 0 Å². The highest BCUT2D eigenvalue weighted by atomic mass is 15.1. The highest BCUT2D eigenvalue weighted by Crippen LogP contribution is 2.46. The summed E-state index contributed by atoms with van der Waals surface area (Å²) in [5.74, 6) is 3.13. The van der Waals surface area contributed by atoms with Crippen LogP contribution in [0.15, 0.2) is 267 Å². The fraction of sp³-hybridized carbons (Fsp3) is 0.0139. The summed E-state index contributed by atoms with van der Waals surface area (Å²) in [6, 6.07) is 92.2. The zero-order valence-corrected chi connectivity index (χ0v) is 43.9. The Bertz CT molecular complexity index is 4750. The summed E-state index contributed by atoms with van der Waals surface area (Å²) in [4.78, 5) is 37.8. The molecule has 5 aromatic heterocycles. The van der Waals surface area contributed by atoms with Gasteiger partial charge in [-0.3, -0.25) is 0 Å². The van der Waals surface area contributed by atoms with Gasteiger partial charge in [0, 0.05) is 60.5 Å². The lowest BCUT2D eigenvalue weighted by Crippen LogP contribution is -2.10. The highest BCUT2D eigenvalue weighted by molar-refractivity contribution is 6.13. The number of fused-ring (bicyclic) bond motifs is 6. The molecule has 0 saturated carbocycles. The molecule has 0 atom stereocenters. The predicted octanol–water partition coefficient (Wildman–Crippen LogP) is 17.3. The molecule has 10 aromatic carbocycles. The van der Waals surface area contributed by atoms with Gasteiger partial charge in [0.2, 0.25) is 0 Å². The van der Waals surface area contributed by atoms with Crippen LogP contribution in [0.5, 0.6) is 0 Å². The van der Waals surface area contributed by atoms with Gasteiger partial charge in [-0.2, -0.15) is 0 Å². The molecule has 0 radical (unpaired) electrons. The smallest absolute Gasteiger partial charge is 0.168 e. The van der Waals surface area contributed by atoms with Crippen molar-refractivity contribution in [3.8, 4) is 102 Å². The van der Waals surface area contributed by atoms with E-state index in [1.807, 2.05) is 103 Å². The molecule has 5 heterocycles. The number of hydrogen-bond acceptors (Lipinski definition) is 7. The first-order valence-corrected chi connectivity index (χ1v) is 27.1. The first kappa shape index (κ1) is 47.2. The third-order valence-corrected chi connectivity index (χ3v) is 15.1. The summed E-state index contributed by atoms with van der Waals surface area (Å²) < 4.78 is 4.74. The van der Waals surface area contributed by atoms with Crippen LogP contribution in [0.2, 0.25) is 0 Å². The van der Waals surface area contributed by atoms with Crippen molar-refractivity contribution in [3.63, 3.8) is 0 Å². The molecular formula is C72H47N9. The van der Waals surface area contributed by atoms with Crippen molar-refractivity contribution in [1.29, 1.82) is 0 Å². The second-order valence-corrected chi connectivity index (χ2v) is 20.2. The Morgan fingerprint density at radius 3 is 1.21 bits per heavy atom. The Labute approximate surface area is 466 Å². The second-order valence-electron chi connectivity index (χ2n) is 20.2. The quantitative estimate of drug-likeness (QED) is 0.134. The molecule has 0 saturated heterocycles. The van der Waals surface area contributed by atoms with E-state index in [0.717, 1.165) is 116 Å². The van der Waals surface area contributed by atoms with E-state index in [9.17, 15) is 0 Å². The van der Waals surface area contributed by atoms with Gasteiger partial charge >= 0.3 is 0 Å². The molecule has 9 nitrogen and oxygen atoms in total. The fourth-order valence-electron chi connectivity index (χ4n) is 11.3. The molecule has 0 aliphatic carbocycles. The molecule has 15 rings (SSSR count). The Morgan fingerprint density at radius 2 is 0.667 bits per heavy atom. The minimum absolute atomic E-state index is 0.470. The molecule has 0 unspecified atom stereocenters. The predicted molar refractivity (Wildman–Crippen MR) is 328 cm³/mol. The van der Waals surface area contributed by atoms with Crippen LogP contribution in [0.4, 0.5) is 0 Å². The van der Waals surface area contributed by atoms with Gasteiger partial charge in [0.1, 0.15) is 0 Å². The number of benzene rings is 10. The third kappa shape index (κ3) is 8.39. The van der Waals surface area contributed by atoms with Crippen molar-refractivity contribution in [3.05, 3.63) is 272 Å². The van der Waals surface area contributed by atoms with Gasteiger partial charge in [0.25, 0.3) is 0 Å². The maximum Gasteiger partial charge on any atom is 0.168 e. The molecule has 0 aliphatic rings. The van der Waals surface area contributed by atoms with Gasteiger partial charge in [-0.05, 0) is 67.6 Å². The highest BCUT2D eigenvalue weighted by Gasteiger charge is 2.29. The molecule has 81 heavy (non-hydrogen) atoms. The number of nitrogens with zero attached hydrogens (tertiary/aromatic N) is 9. The number of aryl methyl sites for hydroxylation is 1. The molecule has 9 heteroatoms. The minimum atomic E-state index is 0.470. The average molecular weight is 1040 g/mol. The molecule has 0 amide bonds. The van der Waals surface area contributed by atoms with Crippen LogP contribution in [0.3, 0.4) is 0 Å². The summed E-state index contributed by atoms with van der Waals surface area (Å²) in [5, 5.41) is 4.37. The van der Waals surface area contributed by atoms with Crippen LogP contribution in [0.1, 0.15) is 5.56 Å². The van der Waals surface area contributed by atoms with Crippen molar-refractivity contribution in [2.75, 3.05) is 0 Å². The van der Waals surface area contributed by atoms with Crippen molar-refractivity contribution in [1.82, 2.24) is 44.0 Å². The third-order valence-electron chi connectivity index (χ3n) is 15.1. The largest absolute Gasteiger partial charge is 0.308 e. The molecular weight excluding hydrogens is 991 g/mol. The number of hydrogen-bond donors (Lipinski definition) is 0. The van der Waals surface area contributed by atoms with E-state index >= 15 is 0 Å². The fourth-order valence-corrected chi connectivity index (χ4v) is 11.3. The summed E-state index contributed by atoms with van der Waals surface area (Å²) in [6.45, 7) is 2.15. The van der Waals surface area contributed by atoms with Crippen LogP contribution in [-0.2, 0) is 0 Å². The normalized spacial score (nSPS) is 11.5. The van der Waals surface area contributed by atoms with Crippen LogP contribution in [0, 0.1) is 6.92 Å². The van der Waals surface area contributed by atoms with E-state index < -0.39 is 0 Å². The second kappa shape index (κ2) is 19.8. The number of aromatic nitrogens is 9. The van der Waals surface area contributed by atoms with Crippen LogP contribution >= 0.6 is 0 Å².